The number of ether oxygens (including phenoxy) is 1. The molecule has 6 nitrogen and oxygen atoms in total. The van der Waals surface area contributed by atoms with Gasteiger partial charge in [0.2, 0.25) is 0 Å². The van der Waals surface area contributed by atoms with Crippen LogP contribution in [0.5, 0.6) is 5.75 Å². The van der Waals surface area contributed by atoms with Crippen LogP contribution in [0.1, 0.15) is 45.3 Å². The Morgan fingerprint density at radius 1 is 1.19 bits per heavy atom. The fourth-order valence-corrected chi connectivity index (χ4v) is 3.10. The predicted octanol–water partition coefficient (Wildman–Crippen LogP) is 4.06. The highest BCUT2D eigenvalue weighted by Crippen LogP contribution is 2.30. The first-order valence-electron chi connectivity index (χ1n) is 9.15. The van der Waals surface area contributed by atoms with E-state index in [0.717, 1.165) is 31.6 Å². The van der Waals surface area contributed by atoms with E-state index in [1.165, 1.54) is 0 Å². The molecule has 1 aliphatic heterocycles. The van der Waals surface area contributed by atoms with Crippen LogP contribution in [0.4, 0.5) is 10.6 Å². The number of carbonyl (C=O) groups is 1. The van der Waals surface area contributed by atoms with Crippen LogP contribution >= 0.6 is 0 Å². The Labute approximate surface area is 155 Å². The Balaban J connectivity index is 1.80. The van der Waals surface area contributed by atoms with Crippen molar-refractivity contribution in [3.8, 4) is 5.75 Å². The van der Waals surface area contributed by atoms with Crippen LogP contribution in [0.15, 0.2) is 36.4 Å². The number of amides is 1. The lowest BCUT2D eigenvalue weighted by molar-refractivity contribution is 0.209. The standard InChI is InChI=1S/C20H28N4O2/c1-20(2,3)17-14-18(21-19(25)26-16-8-6-5-7-9-16)24(22-17)15-10-12-23(4)13-11-15/h5-9,14-15H,10-13H2,1-4H3,(H,21,25). The molecule has 1 saturated heterocycles. The van der Waals surface area contributed by atoms with Gasteiger partial charge < -0.3 is 9.64 Å². The minimum Gasteiger partial charge on any atom is -0.410 e. The van der Waals surface area contributed by atoms with Crippen molar-refractivity contribution in [3.05, 3.63) is 42.1 Å². The summed E-state index contributed by atoms with van der Waals surface area (Å²) in [6, 6.07) is 11.3. The molecule has 0 aliphatic carbocycles. The minimum atomic E-state index is -0.495. The van der Waals surface area contributed by atoms with E-state index < -0.39 is 6.09 Å². The Kier molecular flexibility index (Phi) is 5.32. The molecule has 1 N–H and O–H groups in total. The van der Waals surface area contributed by atoms with E-state index in [9.17, 15) is 4.79 Å². The molecule has 3 rings (SSSR count). The van der Waals surface area contributed by atoms with Gasteiger partial charge in [-0.2, -0.15) is 5.10 Å². The van der Waals surface area contributed by atoms with Gasteiger partial charge in [0, 0.05) is 11.5 Å². The molecule has 0 spiro atoms. The smallest absolute Gasteiger partial charge is 0.410 e. The third kappa shape index (κ3) is 4.43. The second kappa shape index (κ2) is 7.50. The quantitative estimate of drug-likeness (QED) is 0.901. The molecule has 1 aromatic heterocycles. The van der Waals surface area contributed by atoms with Crippen LogP contribution in [0.3, 0.4) is 0 Å². The van der Waals surface area contributed by atoms with Gasteiger partial charge in [-0.05, 0) is 45.1 Å². The van der Waals surface area contributed by atoms with Crippen LogP contribution in [0.25, 0.3) is 0 Å². The maximum Gasteiger partial charge on any atom is 0.418 e. The van der Waals surface area contributed by atoms with E-state index in [0.29, 0.717) is 11.6 Å². The SMILES string of the molecule is CN1CCC(n2nc(C(C)(C)C)cc2NC(=O)Oc2ccccc2)CC1. The van der Waals surface area contributed by atoms with Crippen molar-refractivity contribution in [2.45, 2.75) is 45.1 Å². The zero-order valence-electron chi connectivity index (χ0n) is 16.0. The summed E-state index contributed by atoms with van der Waals surface area (Å²) in [7, 11) is 2.14. The maximum absolute atomic E-state index is 12.3. The summed E-state index contributed by atoms with van der Waals surface area (Å²) in [5.41, 5.74) is 0.877. The van der Waals surface area contributed by atoms with Gasteiger partial charge >= 0.3 is 6.09 Å². The topological polar surface area (TPSA) is 59.4 Å². The largest absolute Gasteiger partial charge is 0.418 e. The van der Waals surface area contributed by atoms with Gasteiger partial charge in [-0.1, -0.05) is 39.0 Å². The highest BCUT2D eigenvalue weighted by molar-refractivity contribution is 5.85. The van der Waals surface area contributed by atoms with E-state index in [4.69, 9.17) is 9.84 Å². The van der Waals surface area contributed by atoms with Crippen LogP contribution in [-0.2, 0) is 5.41 Å². The number of carbonyl (C=O) groups excluding carboxylic acids is 1. The lowest BCUT2D eigenvalue weighted by Gasteiger charge is -2.30. The number of rotatable bonds is 3. The molecule has 0 atom stereocenters. The van der Waals surface area contributed by atoms with E-state index in [-0.39, 0.29) is 11.5 Å². The predicted molar refractivity (Wildman–Crippen MR) is 103 cm³/mol. The number of nitrogens with zero attached hydrogens (tertiary/aromatic N) is 3. The number of hydrogen-bond donors (Lipinski definition) is 1. The Morgan fingerprint density at radius 3 is 2.46 bits per heavy atom. The van der Waals surface area contributed by atoms with Gasteiger partial charge in [0.15, 0.2) is 0 Å². The number of likely N-dealkylation sites (tertiary alicyclic amines) is 1. The first-order valence-corrected chi connectivity index (χ1v) is 9.15. The number of benzene rings is 1. The zero-order chi connectivity index (χ0) is 18.7. The molecule has 26 heavy (non-hydrogen) atoms. The van der Waals surface area contributed by atoms with Crippen molar-refractivity contribution in [1.82, 2.24) is 14.7 Å². The first kappa shape index (κ1) is 18.5. The van der Waals surface area contributed by atoms with Crippen molar-refractivity contribution in [3.63, 3.8) is 0 Å². The van der Waals surface area contributed by atoms with E-state index in [1.54, 1.807) is 12.1 Å². The molecule has 1 amide bonds. The Morgan fingerprint density at radius 2 is 1.85 bits per heavy atom. The summed E-state index contributed by atoms with van der Waals surface area (Å²) in [6.45, 7) is 8.44. The third-order valence-electron chi connectivity index (χ3n) is 4.72. The second-order valence-electron chi connectivity index (χ2n) is 7.97. The summed E-state index contributed by atoms with van der Waals surface area (Å²) in [4.78, 5) is 14.7. The average Bonchev–Trinajstić information content (AvgIpc) is 3.00. The molecular weight excluding hydrogens is 328 g/mol. The number of para-hydroxylation sites is 1. The van der Waals surface area contributed by atoms with Crippen molar-refractivity contribution in [2.75, 3.05) is 25.5 Å². The van der Waals surface area contributed by atoms with Gasteiger partial charge in [-0.3, -0.25) is 5.32 Å². The molecule has 0 bridgehead atoms. The van der Waals surface area contributed by atoms with E-state index in [1.807, 2.05) is 28.9 Å². The minimum absolute atomic E-state index is 0.0868. The Hall–Kier alpha value is -2.34. The molecule has 1 aliphatic rings. The fraction of sp³-hybridized carbons (Fsp3) is 0.500. The molecule has 0 saturated carbocycles. The molecule has 140 valence electrons. The lowest BCUT2D eigenvalue weighted by atomic mass is 9.92. The molecular formula is C20H28N4O2. The summed E-state index contributed by atoms with van der Waals surface area (Å²) in [6.07, 6.45) is 1.54. The number of anilines is 1. The Bertz CT molecular complexity index is 741. The van der Waals surface area contributed by atoms with E-state index in [2.05, 4.69) is 38.0 Å². The van der Waals surface area contributed by atoms with Crippen molar-refractivity contribution in [1.29, 1.82) is 0 Å². The highest BCUT2D eigenvalue weighted by Gasteiger charge is 2.26. The van der Waals surface area contributed by atoms with Crippen LogP contribution < -0.4 is 10.1 Å². The number of nitrogens with one attached hydrogen (secondary N) is 1. The van der Waals surface area contributed by atoms with Crippen LogP contribution in [0.2, 0.25) is 0 Å². The van der Waals surface area contributed by atoms with Crippen molar-refractivity contribution in [2.24, 2.45) is 0 Å². The van der Waals surface area contributed by atoms with Gasteiger partial charge in [0.1, 0.15) is 11.6 Å². The zero-order valence-corrected chi connectivity index (χ0v) is 16.0. The summed E-state index contributed by atoms with van der Waals surface area (Å²) in [5, 5.41) is 7.70. The molecule has 2 aromatic rings. The first-order chi connectivity index (χ1) is 12.3. The van der Waals surface area contributed by atoms with Gasteiger partial charge in [0.25, 0.3) is 0 Å². The normalized spacial score (nSPS) is 16.5. The van der Waals surface area contributed by atoms with Gasteiger partial charge in [-0.25, -0.2) is 9.48 Å². The molecule has 1 fully saturated rings. The van der Waals surface area contributed by atoms with Gasteiger partial charge in [0.05, 0.1) is 11.7 Å². The average molecular weight is 356 g/mol. The maximum atomic E-state index is 12.3. The lowest BCUT2D eigenvalue weighted by Crippen LogP contribution is -2.33. The van der Waals surface area contributed by atoms with E-state index >= 15 is 0 Å². The fourth-order valence-electron chi connectivity index (χ4n) is 3.10. The summed E-state index contributed by atoms with van der Waals surface area (Å²) >= 11 is 0. The summed E-state index contributed by atoms with van der Waals surface area (Å²) < 4.78 is 7.35. The molecule has 2 heterocycles. The van der Waals surface area contributed by atoms with Crippen LogP contribution in [-0.4, -0.2) is 40.9 Å². The number of aromatic nitrogens is 2. The highest BCUT2D eigenvalue weighted by atomic mass is 16.6. The van der Waals surface area contributed by atoms with Crippen molar-refractivity contribution >= 4 is 11.9 Å². The second-order valence-corrected chi connectivity index (χ2v) is 7.97. The number of hydrogen-bond acceptors (Lipinski definition) is 4. The third-order valence-corrected chi connectivity index (χ3v) is 4.72. The molecule has 0 unspecified atom stereocenters. The van der Waals surface area contributed by atoms with Crippen LogP contribution in [0, 0.1) is 0 Å². The molecule has 0 radical (unpaired) electrons. The monoisotopic (exact) mass is 356 g/mol. The van der Waals surface area contributed by atoms with Gasteiger partial charge in [-0.15, -0.1) is 0 Å². The number of piperidine rings is 1. The summed E-state index contributed by atoms with van der Waals surface area (Å²) in [5.74, 6) is 1.22. The van der Waals surface area contributed by atoms with Crippen molar-refractivity contribution < 1.29 is 9.53 Å². The molecule has 1 aromatic carbocycles. The molecule has 6 heteroatoms.